The minimum absolute atomic E-state index is 0.453. The molecule has 1 heterocycles. The second-order valence-electron chi connectivity index (χ2n) is 8.52. The van der Waals surface area contributed by atoms with Crippen molar-refractivity contribution in [2.45, 2.75) is 58.8 Å². The van der Waals surface area contributed by atoms with Crippen LogP contribution in [0.1, 0.15) is 58.1 Å². The van der Waals surface area contributed by atoms with E-state index in [1.807, 2.05) is 6.07 Å². The molecule has 2 N–H and O–H groups in total. The summed E-state index contributed by atoms with van der Waals surface area (Å²) in [7, 11) is 0. The van der Waals surface area contributed by atoms with Gasteiger partial charge in [0.25, 0.3) is 0 Å². The normalized spacial score (nSPS) is 47.8. The van der Waals surface area contributed by atoms with Gasteiger partial charge in [0.05, 0.1) is 0 Å². The van der Waals surface area contributed by atoms with Crippen LogP contribution in [0.25, 0.3) is 0 Å². The Balaban J connectivity index is 1.67. The molecular weight excluding hydrogens is 236 g/mol. The molecule has 4 aliphatic carbocycles. The van der Waals surface area contributed by atoms with E-state index >= 15 is 0 Å². The van der Waals surface area contributed by atoms with Crippen LogP contribution >= 0.6 is 0 Å². The van der Waals surface area contributed by atoms with Gasteiger partial charge in [-0.1, -0.05) is 19.0 Å². The van der Waals surface area contributed by atoms with E-state index in [0.717, 1.165) is 18.1 Å². The van der Waals surface area contributed by atoms with Gasteiger partial charge < -0.3 is 10.3 Å². The van der Waals surface area contributed by atoms with Gasteiger partial charge in [-0.15, -0.1) is 0 Å². The zero-order valence-electron chi connectivity index (χ0n) is 12.0. The zero-order valence-corrected chi connectivity index (χ0v) is 12.0. The molecule has 0 aliphatic heterocycles. The zero-order chi connectivity index (χ0) is 13.3. The molecule has 4 saturated carbocycles. The first-order valence-corrected chi connectivity index (χ1v) is 7.59. The van der Waals surface area contributed by atoms with E-state index in [1.165, 1.54) is 38.5 Å². The Morgan fingerprint density at radius 1 is 1.21 bits per heavy atom. The molecule has 5 rings (SSSR count). The maximum atomic E-state index is 5.69. The fourth-order valence-electron chi connectivity index (χ4n) is 6.66. The van der Waals surface area contributed by atoms with Crippen molar-refractivity contribution < 1.29 is 4.52 Å². The summed E-state index contributed by atoms with van der Waals surface area (Å²) in [5, 5.41) is 3.85. The van der Waals surface area contributed by atoms with Gasteiger partial charge in [0.2, 0.25) is 0 Å². The third-order valence-corrected chi connectivity index (χ3v) is 5.87. The Morgan fingerprint density at radius 2 is 1.89 bits per heavy atom. The molecule has 2 atom stereocenters. The van der Waals surface area contributed by atoms with Crippen molar-refractivity contribution in [1.82, 2.24) is 5.16 Å². The molecule has 0 saturated heterocycles. The summed E-state index contributed by atoms with van der Waals surface area (Å²) >= 11 is 0. The summed E-state index contributed by atoms with van der Waals surface area (Å²) in [6.45, 7) is 5.03. The van der Waals surface area contributed by atoms with Crippen molar-refractivity contribution in [3.8, 4) is 0 Å². The number of aromatic nitrogens is 1. The Labute approximate surface area is 114 Å². The van der Waals surface area contributed by atoms with Gasteiger partial charge in [-0.2, -0.15) is 0 Å². The molecule has 0 amide bonds. The molecule has 4 aliphatic rings. The van der Waals surface area contributed by atoms with Gasteiger partial charge in [0, 0.05) is 12.5 Å². The molecule has 0 radical (unpaired) electrons. The van der Waals surface area contributed by atoms with E-state index in [4.69, 9.17) is 10.3 Å². The SMILES string of the molecule is CC12CC3CC(C)(C1)CC(Cc1cc(N)no1)(C3)C2. The topological polar surface area (TPSA) is 52.0 Å². The highest BCUT2D eigenvalue weighted by Crippen LogP contribution is 2.70. The summed E-state index contributed by atoms with van der Waals surface area (Å²) in [4.78, 5) is 0. The predicted octanol–water partition coefficient (Wildman–Crippen LogP) is 3.80. The third kappa shape index (κ3) is 1.81. The fraction of sp³-hybridized carbons (Fsp3) is 0.812. The standard InChI is InChI=1S/C16H24N2O/c1-14-4-11-5-15(2,8-14)10-16(6-11,9-14)7-12-3-13(17)18-19-12/h3,11H,4-10H2,1-2H3,(H2,17,18). The molecule has 4 bridgehead atoms. The highest BCUT2D eigenvalue weighted by Gasteiger charge is 2.60. The van der Waals surface area contributed by atoms with E-state index < -0.39 is 0 Å². The number of nitrogens with zero attached hydrogens (tertiary/aromatic N) is 1. The van der Waals surface area contributed by atoms with Crippen molar-refractivity contribution in [2.24, 2.45) is 22.2 Å². The largest absolute Gasteiger partial charge is 0.381 e. The third-order valence-electron chi connectivity index (χ3n) is 5.87. The summed E-state index contributed by atoms with van der Waals surface area (Å²) in [5.74, 6) is 2.45. The van der Waals surface area contributed by atoms with E-state index in [2.05, 4.69) is 19.0 Å². The number of rotatable bonds is 2. The van der Waals surface area contributed by atoms with Crippen molar-refractivity contribution in [3.63, 3.8) is 0 Å². The smallest absolute Gasteiger partial charge is 0.167 e. The molecule has 1 aromatic rings. The van der Waals surface area contributed by atoms with E-state index in [1.54, 1.807) is 0 Å². The molecule has 1 aromatic heterocycles. The first-order chi connectivity index (χ1) is 8.88. The van der Waals surface area contributed by atoms with Gasteiger partial charge >= 0.3 is 0 Å². The average molecular weight is 260 g/mol. The Bertz CT molecular complexity index is 503. The van der Waals surface area contributed by atoms with Crippen molar-refractivity contribution in [2.75, 3.05) is 5.73 Å². The Kier molecular flexibility index (Phi) is 2.09. The lowest BCUT2D eigenvalue weighted by Crippen LogP contribution is -2.55. The Morgan fingerprint density at radius 3 is 2.42 bits per heavy atom. The first-order valence-electron chi connectivity index (χ1n) is 7.59. The molecule has 3 heteroatoms. The lowest BCUT2D eigenvalue weighted by Gasteiger charge is -2.65. The first kappa shape index (κ1) is 11.8. The lowest BCUT2D eigenvalue weighted by atomic mass is 9.40. The number of hydrogen-bond acceptors (Lipinski definition) is 3. The van der Waals surface area contributed by atoms with E-state index in [-0.39, 0.29) is 0 Å². The Hall–Kier alpha value is -0.990. The molecule has 0 aromatic carbocycles. The average Bonchev–Trinajstić information content (AvgIpc) is 2.56. The van der Waals surface area contributed by atoms with Crippen molar-refractivity contribution in [3.05, 3.63) is 11.8 Å². The van der Waals surface area contributed by atoms with Crippen LogP contribution in [0.3, 0.4) is 0 Å². The van der Waals surface area contributed by atoms with Crippen LogP contribution in [0.2, 0.25) is 0 Å². The number of nitrogen functional groups attached to an aromatic ring is 1. The molecule has 19 heavy (non-hydrogen) atoms. The molecule has 0 spiro atoms. The number of hydrogen-bond donors (Lipinski definition) is 1. The second kappa shape index (κ2) is 3.36. The lowest BCUT2D eigenvalue weighted by molar-refractivity contribution is -0.145. The molecule has 3 nitrogen and oxygen atoms in total. The van der Waals surface area contributed by atoms with Gasteiger partial charge in [0.15, 0.2) is 5.82 Å². The second-order valence-corrected chi connectivity index (χ2v) is 8.52. The maximum absolute atomic E-state index is 5.69. The molecule has 2 unspecified atom stereocenters. The minimum atomic E-state index is 0.453. The predicted molar refractivity (Wildman–Crippen MR) is 74.5 cm³/mol. The van der Waals surface area contributed by atoms with Crippen LogP contribution in [0.4, 0.5) is 5.82 Å². The van der Waals surface area contributed by atoms with Gasteiger partial charge in [-0.3, -0.25) is 0 Å². The van der Waals surface area contributed by atoms with E-state index in [0.29, 0.717) is 22.1 Å². The molecular formula is C16H24N2O. The van der Waals surface area contributed by atoms with Crippen LogP contribution in [0.15, 0.2) is 10.6 Å². The number of anilines is 1. The summed E-state index contributed by atoms with van der Waals surface area (Å²) < 4.78 is 5.39. The summed E-state index contributed by atoms with van der Waals surface area (Å²) in [6, 6.07) is 1.92. The van der Waals surface area contributed by atoms with Gasteiger partial charge in [-0.05, 0) is 60.7 Å². The maximum Gasteiger partial charge on any atom is 0.167 e. The van der Waals surface area contributed by atoms with Crippen LogP contribution in [-0.2, 0) is 6.42 Å². The quantitative estimate of drug-likeness (QED) is 0.880. The highest BCUT2D eigenvalue weighted by molar-refractivity contribution is 5.27. The highest BCUT2D eigenvalue weighted by atomic mass is 16.5. The minimum Gasteiger partial charge on any atom is -0.381 e. The van der Waals surface area contributed by atoms with Gasteiger partial charge in [0.1, 0.15) is 5.76 Å². The van der Waals surface area contributed by atoms with Crippen LogP contribution < -0.4 is 5.73 Å². The molecule has 104 valence electrons. The van der Waals surface area contributed by atoms with Crippen LogP contribution in [0.5, 0.6) is 0 Å². The van der Waals surface area contributed by atoms with Gasteiger partial charge in [-0.25, -0.2) is 0 Å². The van der Waals surface area contributed by atoms with Crippen LogP contribution in [-0.4, -0.2) is 5.16 Å². The van der Waals surface area contributed by atoms with Crippen molar-refractivity contribution >= 4 is 5.82 Å². The summed E-state index contributed by atoms with van der Waals surface area (Å²) in [6.07, 6.45) is 9.49. The van der Waals surface area contributed by atoms with Crippen LogP contribution in [0, 0.1) is 22.2 Å². The van der Waals surface area contributed by atoms with Crippen molar-refractivity contribution in [1.29, 1.82) is 0 Å². The monoisotopic (exact) mass is 260 g/mol. The molecule has 4 fully saturated rings. The number of nitrogens with two attached hydrogens (primary N) is 1. The van der Waals surface area contributed by atoms with E-state index in [9.17, 15) is 0 Å². The fourth-order valence-corrected chi connectivity index (χ4v) is 6.66. The summed E-state index contributed by atoms with van der Waals surface area (Å²) in [5.41, 5.74) is 7.28.